The number of hydrogen-bond acceptors (Lipinski definition) is 5. The van der Waals surface area contributed by atoms with Crippen LogP contribution in [0.5, 0.6) is 0 Å². The summed E-state index contributed by atoms with van der Waals surface area (Å²) >= 11 is 0. The number of amides is 1. The van der Waals surface area contributed by atoms with E-state index in [4.69, 9.17) is 14.7 Å². The maximum atomic E-state index is 12.4. The number of carbonyl (C=O) groups excluding carboxylic acids is 1. The molecule has 0 unspecified atom stereocenters. The third-order valence-electron chi connectivity index (χ3n) is 4.26. The molecule has 0 saturated carbocycles. The largest absolute Gasteiger partial charge is 0.376 e. The molecule has 0 aromatic heterocycles. The number of nitriles is 1. The fourth-order valence-corrected chi connectivity index (χ4v) is 2.90. The first-order valence-electron chi connectivity index (χ1n) is 7.96. The maximum absolute atomic E-state index is 12.4. The molecule has 2 aliphatic rings. The molecule has 1 aromatic carbocycles. The molecule has 2 fully saturated rings. The Labute approximate surface area is 136 Å². The van der Waals surface area contributed by atoms with Crippen LogP contribution in [0, 0.1) is 11.3 Å². The van der Waals surface area contributed by atoms with Crippen LogP contribution in [0.25, 0.3) is 0 Å². The summed E-state index contributed by atoms with van der Waals surface area (Å²) in [6, 6.07) is 9.79. The van der Waals surface area contributed by atoms with Gasteiger partial charge in [0.1, 0.15) is 0 Å². The van der Waals surface area contributed by atoms with Crippen LogP contribution in [0.4, 0.5) is 0 Å². The maximum Gasteiger partial charge on any atom is 0.254 e. The highest BCUT2D eigenvalue weighted by Crippen LogP contribution is 2.12. The van der Waals surface area contributed by atoms with Crippen molar-refractivity contribution in [1.29, 1.82) is 5.26 Å². The standard InChI is InChI=1S/C17H21N3O3/c18-11-14-1-3-15(4-2-14)12-19-5-7-20(8-6-19)17(21)16-13-22-9-10-23-16/h1-4,16H,5-10,12-13H2/t16-/m0/s1. The van der Waals surface area contributed by atoms with E-state index in [1.54, 1.807) is 0 Å². The minimum Gasteiger partial charge on any atom is -0.376 e. The minimum atomic E-state index is -0.436. The Morgan fingerprint density at radius 3 is 2.52 bits per heavy atom. The van der Waals surface area contributed by atoms with Gasteiger partial charge < -0.3 is 14.4 Å². The molecule has 0 spiro atoms. The minimum absolute atomic E-state index is 0.0442. The lowest BCUT2D eigenvalue weighted by atomic mass is 10.1. The lowest BCUT2D eigenvalue weighted by Crippen LogP contribution is -2.53. The summed E-state index contributed by atoms with van der Waals surface area (Å²) < 4.78 is 10.8. The van der Waals surface area contributed by atoms with Gasteiger partial charge in [0.15, 0.2) is 6.10 Å². The van der Waals surface area contributed by atoms with E-state index in [1.165, 1.54) is 5.56 Å². The lowest BCUT2D eigenvalue weighted by Gasteiger charge is -2.37. The molecule has 0 N–H and O–H groups in total. The fraction of sp³-hybridized carbons (Fsp3) is 0.529. The number of hydrogen-bond donors (Lipinski definition) is 0. The summed E-state index contributed by atoms with van der Waals surface area (Å²) in [5.41, 5.74) is 1.87. The summed E-state index contributed by atoms with van der Waals surface area (Å²) in [6.45, 7) is 5.40. The quantitative estimate of drug-likeness (QED) is 0.818. The van der Waals surface area contributed by atoms with Crippen molar-refractivity contribution in [3.8, 4) is 6.07 Å². The monoisotopic (exact) mass is 315 g/mol. The second kappa shape index (κ2) is 7.55. The van der Waals surface area contributed by atoms with E-state index in [0.29, 0.717) is 25.4 Å². The second-order valence-corrected chi connectivity index (χ2v) is 5.84. The molecular weight excluding hydrogens is 294 g/mol. The van der Waals surface area contributed by atoms with Gasteiger partial charge in [-0.2, -0.15) is 5.26 Å². The van der Waals surface area contributed by atoms with Crippen LogP contribution >= 0.6 is 0 Å². The first kappa shape index (κ1) is 15.9. The molecule has 2 heterocycles. The van der Waals surface area contributed by atoms with Gasteiger partial charge in [0.2, 0.25) is 0 Å². The summed E-state index contributed by atoms with van der Waals surface area (Å²) in [5.74, 6) is 0.0442. The zero-order chi connectivity index (χ0) is 16.1. The Bertz CT molecular complexity index is 568. The van der Waals surface area contributed by atoms with Gasteiger partial charge in [0.25, 0.3) is 5.91 Å². The molecule has 1 amide bonds. The SMILES string of the molecule is N#Cc1ccc(CN2CCN(C(=O)[C@@H]3COCCO3)CC2)cc1. The fourth-order valence-electron chi connectivity index (χ4n) is 2.90. The van der Waals surface area contributed by atoms with Crippen molar-refractivity contribution < 1.29 is 14.3 Å². The first-order chi connectivity index (χ1) is 11.3. The molecule has 0 aliphatic carbocycles. The van der Waals surface area contributed by atoms with Crippen LogP contribution in [0.3, 0.4) is 0 Å². The lowest BCUT2D eigenvalue weighted by molar-refractivity contribution is -0.159. The molecular formula is C17H21N3O3. The van der Waals surface area contributed by atoms with Crippen molar-refractivity contribution in [2.75, 3.05) is 46.0 Å². The smallest absolute Gasteiger partial charge is 0.254 e. The Morgan fingerprint density at radius 1 is 1.17 bits per heavy atom. The first-order valence-corrected chi connectivity index (χ1v) is 7.96. The van der Waals surface area contributed by atoms with Crippen molar-refractivity contribution in [1.82, 2.24) is 9.80 Å². The van der Waals surface area contributed by atoms with Crippen LogP contribution in [0.2, 0.25) is 0 Å². The van der Waals surface area contributed by atoms with Crippen LogP contribution < -0.4 is 0 Å². The average molecular weight is 315 g/mol. The molecule has 0 bridgehead atoms. The van der Waals surface area contributed by atoms with Gasteiger partial charge in [-0.1, -0.05) is 12.1 Å². The molecule has 3 rings (SSSR count). The van der Waals surface area contributed by atoms with Crippen molar-refractivity contribution in [2.24, 2.45) is 0 Å². The number of rotatable bonds is 3. The summed E-state index contributed by atoms with van der Waals surface area (Å²) in [6.07, 6.45) is -0.436. The van der Waals surface area contributed by atoms with E-state index in [-0.39, 0.29) is 5.91 Å². The van der Waals surface area contributed by atoms with E-state index in [2.05, 4.69) is 11.0 Å². The van der Waals surface area contributed by atoms with E-state index in [1.807, 2.05) is 29.2 Å². The van der Waals surface area contributed by atoms with Crippen LogP contribution in [0.15, 0.2) is 24.3 Å². The Morgan fingerprint density at radius 2 is 1.91 bits per heavy atom. The molecule has 2 aliphatic heterocycles. The molecule has 1 atom stereocenters. The van der Waals surface area contributed by atoms with Crippen molar-refractivity contribution in [3.05, 3.63) is 35.4 Å². The van der Waals surface area contributed by atoms with E-state index < -0.39 is 6.10 Å². The Hall–Kier alpha value is -1.94. The predicted molar refractivity (Wildman–Crippen MR) is 83.6 cm³/mol. The summed E-state index contributed by atoms with van der Waals surface area (Å²) in [5, 5.41) is 8.82. The number of benzene rings is 1. The highest BCUT2D eigenvalue weighted by molar-refractivity contribution is 5.81. The van der Waals surface area contributed by atoms with Gasteiger partial charge in [-0.15, -0.1) is 0 Å². The van der Waals surface area contributed by atoms with Crippen LogP contribution in [0.1, 0.15) is 11.1 Å². The Balaban J connectivity index is 1.47. The molecule has 122 valence electrons. The van der Waals surface area contributed by atoms with E-state index in [0.717, 1.165) is 32.7 Å². The predicted octanol–water partition coefficient (Wildman–Crippen LogP) is 0.618. The summed E-state index contributed by atoms with van der Waals surface area (Å²) in [7, 11) is 0. The molecule has 1 aromatic rings. The van der Waals surface area contributed by atoms with Crippen molar-refractivity contribution >= 4 is 5.91 Å². The van der Waals surface area contributed by atoms with Gasteiger partial charge in [-0.25, -0.2) is 0 Å². The normalized spacial score (nSPS) is 22.6. The van der Waals surface area contributed by atoms with Gasteiger partial charge >= 0.3 is 0 Å². The van der Waals surface area contributed by atoms with Gasteiger partial charge in [-0.3, -0.25) is 9.69 Å². The third-order valence-corrected chi connectivity index (χ3v) is 4.26. The number of piperazine rings is 1. The molecule has 6 heteroatoms. The van der Waals surface area contributed by atoms with Crippen LogP contribution in [-0.2, 0) is 20.8 Å². The van der Waals surface area contributed by atoms with Gasteiger partial charge in [0.05, 0.1) is 31.5 Å². The molecule has 6 nitrogen and oxygen atoms in total. The molecule has 2 saturated heterocycles. The topological polar surface area (TPSA) is 65.8 Å². The zero-order valence-electron chi connectivity index (χ0n) is 13.1. The number of carbonyl (C=O) groups is 1. The average Bonchev–Trinajstić information content (AvgIpc) is 2.63. The van der Waals surface area contributed by atoms with E-state index >= 15 is 0 Å². The highest BCUT2D eigenvalue weighted by Gasteiger charge is 2.29. The van der Waals surface area contributed by atoms with Crippen LogP contribution in [-0.4, -0.2) is 67.8 Å². The molecule has 23 heavy (non-hydrogen) atoms. The van der Waals surface area contributed by atoms with Gasteiger partial charge in [0, 0.05) is 32.7 Å². The highest BCUT2D eigenvalue weighted by atomic mass is 16.6. The number of ether oxygens (including phenoxy) is 2. The van der Waals surface area contributed by atoms with Gasteiger partial charge in [-0.05, 0) is 17.7 Å². The number of nitrogens with zero attached hydrogens (tertiary/aromatic N) is 3. The van der Waals surface area contributed by atoms with E-state index in [9.17, 15) is 4.79 Å². The van der Waals surface area contributed by atoms with Crippen molar-refractivity contribution in [2.45, 2.75) is 12.6 Å². The van der Waals surface area contributed by atoms with Crippen molar-refractivity contribution in [3.63, 3.8) is 0 Å². The summed E-state index contributed by atoms with van der Waals surface area (Å²) in [4.78, 5) is 16.6. The molecule has 0 radical (unpaired) electrons. The third kappa shape index (κ3) is 4.08. The second-order valence-electron chi connectivity index (χ2n) is 5.84. The Kier molecular flexibility index (Phi) is 5.23. The zero-order valence-corrected chi connectivity index (χ0v) is 13.1.